The number of nitrogens with two attached hydrogens (primary N) is 1. The summed E-state index contributed by atoms with van der Waals surface area (Å²) in [7, 11) is 0. The number of benzene rings is 1. The van der Waals surface area contributed by atoms with Gasteiger partial charge in [0.25, 0.3) is 0 Å². The molecule has 3 atom stereocenters. The van der Waals surface area contributed by atoms with E-state index in [9.17, 15) is 9.59 Å². The molecule has 0 spiro atoms. The van der Waals surface area contributed by atoms with Crippen molar-refractivity contribution < 1.29 is 9.59 Å². The minimum atomic E-state index is -0.405. The van der Waals surface area contributed by atoms with Crippen LogP contribution in [0.5, 0.6) is 0 Å². The van der Waals surface area contributed by atoms with Crippen molar-refractivity contribution in [3.63, 3.8) is 0 Å². The highest BCUT2D eigenvalue weighted by molar-refractivity contribution is 5.81. The summed E-state index contributed by atoms with van der Waals surface area (Å²) in [6.07, 6.45) is 4.68. The number of hydrogen-bond acceptors (Lipinski definition) is 3. The van der Waals surface area contributed by atoms with Gasteiger partial charge in [-0.05, 0) is 37.8 Å². The maximum absolute atomic E-state index is 12.3. The van der Waals surface area contributed by atoms with Crippen molar-refractivity contribution in [2.45, 2.75) is 57.2 Å². The molecular formula is C19H27N3O2. The molecule has 1 aromatic rings. The molecule has 24 heavy (non-hydrogen) atoms. The van der Waals surface area contributed by atoms with E-state index < -0.39 is 6.04 Å². The summed E-state index contributed by atoms with van der Waals surface area (Å²) in [5.74, 6) is -0.0841. The van der Waals surface area contributed by atoms with Crippen LogP contribution in [0.1, 0.15) is 50.6 Å². The summed E-state index contributed by atoms with van der Waals surface area (Å²) in [6.45, 7) is 3.62. The summed E-state index contributed by atoms with van der Waals surface area (Å²) in [5.41, 5.74) is 6.72. The number of rotatable bonds is 5. The van der Waals surface area contributed by atoms with Gasteiger partial charge < -0.3 is 10.6 Å². The average Bonchev–Trinajstić information content (AvgIpc) is 3.23. The first-order chi connectivity index (χ1) is 11.6. The molecule has 2 fully saturated rings. The van der Waals surface area contributed by atoms with Crippen molar-refractivity contribution in [1.29, 1.82) is 0 Å². The lowest BCUT2D eigenvalue weighted by Crippen LogP contribution is -2.51. The number of carbonyl (C=O) groups excluding carboxylic acids is 2. The fraction of sp³-hybridized carbons (Fsp3) is 0.579. The van der Waals surface area contributed by atoms with Crippen molar-refractivity contribution in [1.82, 2.24) is 9.80 Å². The quantitative estimate of drug-likeness (QED) is 0.899. The Kier molecular flexibility index (Phi) is 5.19. The zero-order valence-electron chi connectivity index (χ0n) is 14.4. The normalized spacial score (nSPS) is 25.8. The van der Waals surface area contributed by atoms with Crippen LogP contribution < -0.4 is 5.73 Å². The van der Waals surface area contributed by atoms with Crippen LogP contribution in [0.4, 0.5) is 0 Å². The first-order valence-corrected chi connectivity index (χ1v) is 9.03. The van der Waals surface area contributed by atoms with Gasteiger partial charge in [-0.15, -0.1) is 0 Å². The number of carbonyl (C=O) groups is 2. The molecule has 1 aromatic carbocycles. The molecule has 0 unspecified atom stereocenters. The van der Waals surface area contributed by atoms with Crippen LogP contribution >= 0.6 is 0 Å². The van der Waals surface area contributed by atoms with Crippen LogP contribution in [-0.4, -0.2) is 46.8 Å². The third-order valence-electron chi connectivity index (χ3n) is 5.42. The zero-order chi connectivity index (χ0) is 17.1. The van der Waals surface area contributed by atoms with Crippen LogP contribution in [0.15, 0.2) is 30.3 Å². The number of hydrogen-bond donors (Lipinski definition) is 1. The first kappa shape index (κ1) is 17.0. The molecule has 5 nitrogen and oxygen atoms in total. The molecule has 0 radical (unpaired) electrons. The molecule has 0 bridgehead atoms. The molecule has 130 valence electrons. The second-order valence-electron chi connectivity index (χ2n) is 6.81. The molecule has 2 saturated heterocycles. The van der Waals surface area contributed by atoms with Gasteiger partial charge in [0.15, 0.2) is 0 Å². The number of primary amides is 1. The van der Waals surface area contributed by atoms with Gasteiger partial charge in [-0.1, -0.05) is 37.3 Å². The minimum Gasteiger partial charge on any atom is -0.368 e. The van der Waals surface area contributed by atoms with Crippen molar-refractivity contribution in [2.75, 3.05) is 13.1 Å². The maximum atomic E-state index is 12.3. The summed E-state index contributed by atoms with van der Waals surface area (Å²) in [5, 5.41) is 0. The van der Waals surface area contributed by atoms with E-state index in [0.717, 1.165) is 44.3 Å². The predicted molar refractivity (Wildman–Crippen MR) is 93.1 cm³/mol. The topological polar surface area (TPSA) is 66.6 Å². The Balaban J connectivity index is 1.86. The second-order valence-corrected chi connectivity index (χ2v) is 6.81. The van der Waals surface area contributed by atoms with Crippen molar-refractivity contribution in [3.8, 4) is 0 Å². The molecule has 0 aromatic heterocycles. The van der Waals surface area contributed by atoms with Crippen LogP contribution in [0, 0.1) is 0 Å². The Hall–Kier alpha value is -1.88. The largest absolute Gasteiger partial charge is 0.368 e. The Morgan fingerprint density at radius 1 is 1.12 bits per heavy atom. The molecule has 2 aliphatic heterocycles. The van der Waals surface area contributed by atoms with E-state index in [1.807, 2.05) is 42.2 Å². The highest BCUT2D eigenvalue weighted by Crippen LogP contribution is 2.35. The van der Waals surface area contributed by atoms with E-state index in [2.05, 4.69) is 4.90 Å². The first-order valence-electron chi connectivity index (χ1n) is 9.03. The van der Waals surface area contributed by atoms with Crippen LogP contribution in [0.25, 0.3) is 0 Å². The lowest BCUT2D eigenvalue weighted by Gasteiger charge is -2.38. The van der Waals surface area contributed by atoms with E-state index in [1.54, 1.807) is 0 Å². The smallest absolute Gasteiger partial charge is 0.239 e. The fourth-order valence-electron chi connectivity index (χ4n) is 4.41. The maximum Gasteiger partial charge on any atom is 0.239 e. The summed E-state index contributed by atoms with van der Waals surface area (Å²) in [4.78, 5) is 28.8. The highest BCUT2D eigenvalue weighted by Gasteiger charge is 2.43. The average molecular weight is 329 g/mol. The van der Waals surface area contributed by atoms with E-state index in [0.29, 0.717) is 6.42 Å². The van der Waals surface area contributed by atoms with Crippen molar-refractivity contribution >= 4 is 11.8 Å². The molecule has 2 amide bonds. The summed E-state index contributed by atoms with van der Waals surface area (Å²) < 4.78 is 0. The molecule has 0 aliphatic carbocycles. The predicted octanol–water partition coefficient (Wildman–Crippen LogP) is 2.08. The molecule has 2 aliphatic rings. The van der Waals surface area contributed by atoms with Gasteiger partial charge in [0, 0.05) is 25.0 Å². The molecule has 0 saturated carbocycles. The lowest BCUT2D eigenvalue weighted by molar-refractivity contribution is -0.133. The van der Waals surface area contributed by atoms with Gasteiger partial charge in [-0.3, -0.25) is 14.5 Å². The molecule has 2 N–H and O–H groups in total. The summed E-state index contributed by atoms with van der Waals surface area (Å²) in [6, 6.07) is 9.80. The van der Waals surface area contributed by atoms with Gasteiger partial charge in [-0.25, -0.2) is 0 Å². The van der Waals surface area contributed by atoms with E-state index in [4.69, 9.17) is 5.73 Å². The highest BCUT2D eigenvalue weighted by atomic mass is 16.2. The number of nitrogens with zero attached hydrogens (tertiary/aromatic N) is 2. The van der Waals surface area contributed by atoms with E-state index in [-0.39, 0.29) is 23.9 Å². The number of amides is 2. The van der Waals surface area contributed by atoms with Crippen LogP contribution in [0.2, 0.25) is 0 Å². The van der Waals surface area contributed by atoms with Crippen molar-refractivity contribution in [2.24, 2.45) is 5.73 Å². The van der Waals surface area contributed by atoms with Gasteiger partial charge in [0.05, 0.1) is 0 Å². The Morgan fingerprint density at radius 2 is 1.79 bits per heavy atom. The van der Waals surface area contributed by atoms with E-state index >= 15 is 0 Å². The van der Waals surface area contributed by atoms with Crippen molar-refractivity contribution in [3.05, 3.63) is 35.9 Å². The lowest BCUT2D eigenvalue weighted by atomic mass is 9.98. The van der Waals surface area contributed by atoms with Crippen LogP contribution in [-0.2, 0) is 9.59 Å². The standard InChI is InChI=1S/C19H27N3O2/c1-2-17(23)21-12-6-10-15(21)16-11-7-13-22(16)18(19(20)24)14-8-4-3-5-9-14/h3-5,8-9,15-16,18H,2,6-7,10-13H2,1H3,(H2,20,24)/t15-,16+,18-/m1/s1. The monoisotopic (exact) mass is 329 g/mol. The molecule has 3 rings (SSSR count). The zero-order valence-corrected chi connectivity index (χ0v) is 14.4. The Labute approximate surface area is 143 Å². The van der Waals surface area contributed by atoms with Gasteiger partial charge >= 0.3 is 0 Å². The third kappa shape index (κ3) is 3.18. The van der Waals surface area contributed by atoms with Gasteiger partial charge in [0.1, 0.15) is 6.04 Å². The minimum absolute atomic E-state index is 0.213. The fourth-order valence-corrected chi connectivity index (χ4v) is 4.41. The Morgan fingerprint density at radius 3 is 2.46 bits per heavy atom. The third-order valence-corrected chi connectivity index (χ3v) is 5.42. The SMILES string of the molecule is CCC(=O)N1CCC[C@@H]1[C@@H]1CCCN1[C@@H](C(N)=O)c1ccccc1. The summed E-state index contributed by atoms with van der Waals surface area (Å²) >= 11 is 0. The molecule has 2 heterocycles. The van der Waals surface area contributed by atoms with Gasteiger partial charge in [0.2, 0.25) is 11.8 Å². The Bertz CT molecular complexity index is 590. The van der Waals surface area contributed by atoms with Gasteiger partial charge in [-0.2, -0.15) is 0 Å². The molecule has 5 heteroatoms. The molecular weight excluding hydrogens is 302 g/mol. The number of likely N-dealkylation sites (tertiary alicyclic amines) is 2. The van der Waals surface area contributed by atoms with Crippen LogP contribution in [0.3, 0.4) is 0 Å². The van der Waals surface area contributed by atoms with E-state index in [1.165, 1.54) is 0 Å². The second kappa shape index (κ2) is 7.34.